The fourth-order valence-electron chi connectivity index (χ4n) is 10.5. The van der Waals surface area contributed by atoms with Crippen LogP contribution >= 0.6 is 0 Å². The number of aromatic nitrogens is 3. The number of carbonyl (C=O) groups excluding carboxylic acids is 1. The second-order valence-electron chi connectivity index (χ2n) is 16.9. The summed E-state index contributed by atoms with van der Waals surface area (Å²) >= 11 is 0. The zero-order chi connectivity index (χ0) is 38.9. The van der Waals surface area contributed by atoms with Crippen LogP contribution in [0.2, 0.25) is 0 Å². The molecule has 5 aliphatic rings. The van der Waals surface area contributed by atoms with Gasteiger partial charge >= 0.3 is 12.1 Å². The van der Waals surface area contributed by atoms with Crippen LogP contribution in [-0.2, 0) is 15.7 Å². The Hall–Kier alpha value is -3.85. The van der Waals surface area contributed by atoms with Crippen LogP contribution in [0.15, 0.2) is 30.6 Å². The Morgan fingerprint density at radius 3 is 2.38 bits per heavy atom. The highest BCUT2D eigenvalue weighted by Gasteiger charge is 2.57. The summed E-state index contributed by atoms with van der Waals surface area (Å²) in [5.41, 5.74) is -2.89. The van der Waals surface area contributed by atoms with E-state index in [-0.39, 0.29) is 43.0 Å². The average molecular weight is 774 g/mol. The number of hydrogen-bond donors (Lipinski definition) is 2. The molecule has 2 aromatic heterocycles. The lowest BCUT2D eigenvalue weighted by Crippen LogP contribution is -2.66. The van der Waals surface area contributed by atoms with Gasteiger partial charge in [0.1, 0.15) is 11.3 Å². The van der Waals surface area contributed by atoms with E-state index in [2.05, 4.69) is 15.3 Å². The van der Waals surface area contributed by atoms with Gasteiger partial charge in [-0.2, -0.15) is 13.2 Å². The number of alkyl halides is 5. The standard InChI is InChI=1S/C40H48F5N5O5/c1-22-13-24-15-23(2)39(37(52)53,25(14-22)16-24)48-36(51)31-18-46-35(47-34(31)40(43,44)45)32-19-50(27-9-11-54-12-10-27)33-17-29(7-8-30(32)33)55-28-5-3-26(4-6-28)49-20-38(41,42)21-49/h7-8,17-19,22-28H,3-6,9-16,20-21H2,1-2H3,(H,48,51)(H,52,53). The number of carboxylic acid groups (broad SMARTS) is 1. The number of benzene rings is 1. The first-order chi connectivity index (χ1) is 26.1. The molecule has 5 fully saturated rings. The number of aliphatic carboxylic acids is 1. The molecule has 5 atom stereocenters. The Balaban J connectivity index is 1.09. The zero-order valence-electron chi connectivity index (χ0n) is 31.1. The van der Waals surface area contributed by atoms with Crippen molar-refractivity contribution in [2.24, 2.45) is 23.7 Å². The number of rotatable bonds is 8. The largest absolute Gasteiger partial charge is 0.490 e. The maximum absolute atomic E-state index is 14.8. The molecule has 10 nitrogen and oxygen atoms in total. The van der Waals surface area contributed by atoms with Gasteiger partial charge in [-0.05, 0) is 100 Å². The lowest BCUT2D eigenvalue weighted by molar-refractivity contribution is -0.155. The first-order valence-corrected chi connectivity index (χ1v) is 19.6. The van der Waals surface area contributed by atoms with Gasteiger partial charge in [0.2, 0.25) is 0 Å². The van der Waals surface area contributed by atoms with Crippen molar-refractivity contribution < 1.29 is 46.1 Å². The molecule has 5 unspecified atom stereocenters. The first-order valence-electron chi connectivity index (χ1n) is 19.6. The van der Waals surface area contributed by atoms with E-state index in [0.29, 0.717) is 67.9 Å². The molecule has 2 aliphatic heterocycles. The van der Waals surface area contributed by atoms with E-state index in [9.17, 15) is 36.6 Å². The van der Waals surface area contributed by atoms with E-state index in [1.165, 1.54) is 0 Å². The van der Waals surface area contributed by atoms with Gasteiger partial charge in [-0.25, -0.2) is 23.5 Å². The summed E-state index contributed by atoms with van der Waals surface area (Å²) in [6.07, 6.45) is 4.47. The van der Waals surface area contributed by atoms with Crippen LogP contribution in [-0.4, -0.2) is 86.3 Å². The molecule has 3 aliphatic carbocycles. The number of ether oxygens (including phenoxy) is 2. The topological polar surface area (TPSA) is 119 Å². The molecule has 2 N–H and O–H groups in total. The molecular weight excluding hydrogens is 725 g/mol. The highest BCUT2D eigenvalue weighted by molar-refractivity contribution is 6.00. The molecule has 8 rings (SSSR count). The fraction of sp³-hybridized carbons (Fsp3) is 0.650. The van der Waals surface area contributed by atoms with Gasteiger partial charge in [0, 0.05) is 54.7 Å². The third kappa shape index (κ3) is 7.19. The zero-order valence-corrected chi connectivity index (χ0v) is 31.1. The van der Waals surface area contributed by atoms with Crippen molar-refractivity contribution in [3.63, 3.8) is 0 Å². The van der Waals surface area contributed by atoms with Crippen LogP contribution < -0.4 is 10.1 Å². The summed E-state index contributed by atoms with van der Waals surface area (Å²) < 4.78 is 85.3. The van der Waals surface area contributed by atoms with Gasteiger partial charge in [-0.3, -0.25) is 9.69 Å². The van der Waals surface area contributed by atoms with Gasteiger partial charge in [0.25, 0.3) is 11.8 Å². The molecule has 0 spiro atoms. The number of likely N-dealkylation sites (tertiary alicyclic amines) is 1. The molecule has 4 heterocycles. The predicted molar refractivity (Wildman–Crippen MR) is 192 cm³/mol. The summed E-state index contributed by atoms with van der Waals surface area (Å²) in [4.78, 5) is 36.9. The molecule has 0 radical (unpaired) electrons. The van der Waals surface area contributed by atoms with E-state index < -0.39 is 52.6 Å². The maximum atomic E-state index is 14.8. The molecule has 3 aromatic rings. The van der Waals surface area contributed by atoms with Gasteiger partial charge in [0.05, 0.1) is 30.3 Å². The maximum Gasteiger partial charge on any atom is 0.434 e. The quantitative estimate of drug-likeness (QED) is 0.223. The number of carbonyl (C=O) groups is 2. The molecule has 3 saturated carbocycles. The minimum atomic E-state index is -5.04. The molecule has 55 heavy (non-hydrogen) atoms. The Labute approximate surface area is 316 Å². The number of nitrogens with one attached hydrogen (secondary N) is 1. The van der Waals surface area contributed by atoms with E-state index in [0.717, 1.165) is 43.8 Å². The number of halogens is 5. The molecule has 2 bridgehead atoms. The van der Waals surface area contributed by atoms with Gasteiger partial charge < -0.3 is 24.5 Å². The van der Waals surface area contributed by atoms with Crippen molar-refractivity contribution >= 4 is 22.8 Å². The minimum absolute atomic E-state index is 0.00993. The second-order valence-corrected chi connectivity index (χ2v) is 16.9. The lowest BCUT2D eigenvalue weighted by Gasteiger charge is -2.52. The molecule has 1 aromatic carbocycles. The minimum Gasteiger partial charge on any atom is -0.490 e. The van der Waals surface area contributed by atoms with Crippen LogP contribution in [0.4, 0.5) is 22.0 Å². The first kappa shape index (κ1) is 38.0. The number of carboxylic acids is 1. The summed E-state index contributed by atoms with van der Waals surface area (Å²) in [5.74, 6) is -4.98. The third-order valence-electron chi connectivity index (χ3n) is 13.1. The normalized spacial score (nSPS) is 31.5. The Morgan fingerprint density at radius 2 is 1.71 bits per heavy atom. The smallest absolute Gasteiger partial charge is 0.434 e. The summed E-state index contributed by atoms with van der Waals surface area (Å²) in [7, 11) is 0. The Bertz CT molecular complexity index is 1930. The number of nitrogens with zero attached hydrogens (tertiary/aromatic N) is 4. The Morgan fingerprint density at radius 1 is 0.982 bits per heavy atom. The fourth-order valence-corrected chi connectivity index (χ4v) is 10.5. The average Bonchev–Trinajstić information content (AvgIpc) is 3.51. The monoisotopic (exact) mass is 773 g/mol. The van der Waals surface area contributed by atoms with Crippen molar-refractivity contribution in [3.8, 4) is 17.1 Å². The van der Waals surface area contributed by atoms with Crippen molar-refractivity contribution in [1.82, 2.24) is 24.8 Å². The number of fused-ring (bicyclic) bond motifs is 3. The summed E-state index contributed by atoms with van der Waals surface area (Å²) in [6.45, 7) is 4.46. The van der Waals surface area contributed by atoms with Gasteiger partial charge in [-0.1, -0.05) is 13.8 Å². The van der Waals surface area contributed by atoms with E-state index in [1.54, 1.807) is 25.3 Å². The van der Waals surface area contributed by atoms with Crippen LogP contribution in [0.1, 0.15) is 100 Å². The Kier molecular flexibility index (Phi) is 9.87. The second kappa shape index (κ2) is 14.3. The molecule has 298 valence electrons. The SMILES string of the molecule is CC1CC2CC(C)C(NC(=O)c3cnc(-c4cn(C5CCOCC5)c5cc(OC6CCC(N7CC(F)(F)C7)CC6)ccc45)nc3C(F)(F)F)(C(=O)O)C(C1)C2. The van der Waals surface area contributed by atoms with Gasteiger partial charge in [0.15, 0.2) is 11.5 Å². The highest BCUT2D eigenvalue weighted by Crippen LogP contribution is 2.50. The summed E-state index contributed by atoms with van der Waals surface area (Å²) in [5, 5.41) is 13.7. The summed E-state index contributed by atoms with van der Waals surface area (Å²) in [6, 6.07) is 5.52. The number of amides is 1. The molecular formula is C40H48F5N5O5. The van der Waals surface area contributed by atoms with Crippen LogP contribution in [0.25, 0.3) is 22.3 Å². The van der Waals surface area contributed by atoms with Crippen LogP contribution in [0.3, 0.4) is 0 Å². The molecule has 15 heteroatoms. The van der Waals surface area contributed by atoms with E-state index in [4.69, 9.17) is 9.47 Å². The highest BCUT2D eigenvalue weighted by atomic mass is 19.4. The number of hydrogen-bond acceptors (Lipinski definition) is 7. The van der Waals surface area contributed by atoms with Crippen molar-refractivity contribution in [2.75, 3.05) is 26.3 Å². The van der Waals surface area contributed by atoms with Crippen molar-refractivity contribution in [1.29, 1.82) is 0 Å². The third-order valence-corrected chi connectivity index (χ3v) is 13.1. The van der Waals surface area contributed by atoms with E-state index >= 15 is 0 Å². The molecule has 2 saturated heterocycles. The lowest BCUT2D eigenvalue weighted by atomic mass is 9.56. The van der Waals surface area contributed by atoms with E-state index in [1.807, 2.05) is 22.5 Å². The van der Waals surface area contributed by atoms with Gasteiger partial charge in [-0.15, -0.1) is 0 Å². The van der Waals surface area contributed by atoms with Crippen LogP contribution in [0, 0.1) is 23.7 Å². The predicted octanol–water partition coefficient (Wildman–Crippen LogP) is 7.75. The molecule has 1 amide bonds. The van der Waals surface area contributed by atoms with Crippen molar-refractivity contribution in [2.45, 2.75) is 114 Å². The van der Waals surface area contributed by atoms with Crippen LogP contribution in [0.5, 0.6) is 5.75 Å². The van der Waals surface area contributed by atoms with Crippen molar-refractivity contribution in [3.05, 3.63) is 41.9 Å².